The van der Waals surface area contributed by atoms with E-state index < -0.39 is 22.0 Å². The van der Waals surface area contributed by atoms with E-state index in [1.807, 2.05) is 6.07 Å². The standard InChI is InChI=1S/C15H24N4O4S/c1-9-6-7-10(2)13(11(9)3)24(22,23)19-12(14(20)21)5-4-8-18-15(16)17/h6-7,12,19H,4-5,8H2,1-3H3,(H,20,21)(H4,16,17,18)/t12-/m0/s1. The van der Waals surface area contributed by atoms with Crippen LogP contribution in [0.2, 0.25) is 0 Å². The van der Waals surface area contributed by atoms with Crippen LogP contribution < -0.4 is 16.2 Å². The molecule has 0 aromatic heterocycles. The van der Waals surface area contributed by atoms with Gasteiger partial charge in [0, 0.05) is 6.54 Å². The van der Waals surface area contributed by atoms with Gasteiger partial charge in [0.25, 0.3) is 0 Å². The van der Waals surface area contributed by atoms with Gasteiger partial charge in [-0.3, -0.25) is 9.79 Å². The number of nitrogens with two attached hydrogens (primary N) is 2. The number of hydrogen-bond acceptors (Lipinski definition) is 4. The lowest BCUT2D eigenvalue weighted by Gasteiger charge is -2.18. The molecule has 0 spiro atoms. The van der Waals surface area contributed by atoms with E-state index in [1.165, 1.54) is 0 Å². The molecule has 6 N–H and O–H groups in total. The van der Waals surface area contributed by atoms with Gasteiger partial charge in [-0.25, -0.2) is 8.42 Å². The molecule has 24 heavy (non-hydrogen) atoms. The fourth-order valence-corrected chi connectivity index (χ4v) is 4.09. The Hall–Kier alpha value is -2.13. The number of rotatable bonds is 8. The maximum atomic E-state index is 12.6. The van der Waals surface area contributed by atoms with E-state index in [-0.39, 0.29) is 23.8 Å². The van der Waals surface area contributed by atoms with E-state index in [4.69, 9.17) is 11.5 Å². The number of carboxylic acid groups (broad SMARTS) is 1. The van der Waals surface area contributed by atoms with Crippen LogP contribution in [0, 0.1) is 20.8 Å². The summed E-state index contributed by atoms with van der Waals surface area (Å²) >= 11 is 0. The second-order valence-corrected chi connectivity index (χ2v) is 7.27. The summed E-state index contributed by atoms with van der Waals surface area (Å²) in [4.78, 5) is 15.2. The summed E-state index contributed by atoms with van der Waals surface area (Å²) in [6.45, 7) is 5.41. The van der Waals surface area contributed by atoms with Crippen molar-refractivity contribution in [3.63, 3.8) is 0 Å². The molecule has 0 unspecified atom stereocenters. The summed E-state index contributed by atoms with van der Waals surface area (Å²) in [6, 6.07) is 2.28. The Labute approximate surface area is 142 Å². The monoisotopic (exact) mass is 356 g/mol. The van der Waals surface area contributed by atoms with Gasteiger partial charge in [-0.1, -0.05) is 12.1 Å². The molecule has 134 valence electrons. The zero-order valence-corrected chi connectivity index (χ0v) is 14.9. The first-order chi connectivity index (χ1) is 11.1. The van der Waals surface area contributed by atoms with E-state index >= 15 is 0 Å². The lowest BCUT2D eigenvalue weighted by Crippen LogP contribution is -2.41. The molecule has 0 saturated carbocycles. The molecule has 0 aliphatic carbocycles. The highest BCUT2D eigenvalue weighted by Gasteiger charge is 2.27. The van der Waals surface area contributed by atoms with Crippen molar-refractivity contribution >= 4 is 22.0 Å². The Morgan fingerprint density at radius 1 is 1.25 bits per heavy atom. The topological polar surface area (TPSA) is 148 Å². The zero-order chi connectivity index (χ0) is 18.5. The van der Waals surface area contributed by atoms with Gasteiger partial charge in [-0.15, -0.1) is 0 Å². The number of sulfonamides is 1. The lowest BCUT2D eigenvalue weighted by molar-refractivity contribution is -0.139. The molecule has 0 saturated heterocycles. The van der Waals surface area contributed by atoms with Crippen molar-refractivity contribution in [2.75, 3.05) is 6.54 Å². The van der Waals surface area contributed by atoms with Gasteiger partial charge in [0.05, 0.1) is 4.90 Å². The number of hydrogen-bond donors (Lipinski definition) is 4. The molecule has 0 heterocycles. The Morgan fingerprint density at radius 3 is 2.38 bits per heavy atom. The fraction of sp³-hybridized carbons (Fsp3) is 0.467. The molecule has 9 heteroatoms. The summed E-state index contributed by atoms with van der Waals surface area (Å²) in [6.07, 6.45) is 0.415. The average Bonchev–Trinajstić information content (AvgIpc) is 2.45. The Kier molecular flexibility index (Phi) is 6.73. The Balaban J connectivity index is 2.99. The molecule has 0 fully saturated rings. The molecule has 1 rings (SSSR count). The van der Waals surface area contributed by atoms with E-state index in [9.17, 15) is 18.3 Å². The van der Waals surface area contributed by atoms with E-state index in [2.05, 4.69) is 9.71 Å². The van der Waals surface area contributed by atoms with Crippen LogP contribution in [0.5, 0.6) is 0 Å². The normalized spacial score (nSPS) is 12.6. The number of aliphatic carboxylic acids is 1. The Bertz CT molecular complexity index is 740. The number of benzene rings is 1. The van der Waals surface area contributed by atoms with Gasteiger partial charge in [-0.2, -0.15) is 4.72 Å². The van der Waals surface area contributed by atoms with Crippen LogP contribution in [0.4, 0.5) is 0 Å². The maximum Gasteiger partial charge on any atom is 0.321 e. The van der Waals surface area contributed by atoms with E-state index in [0.717, 1.165) is 5.56 Å². The molecule has 0 amide bonds. The zero-order valence-electron chi connectivity index (χ0n) is 14.0. The third-order valence-electron chi connectivity index (χ3n) is 3.68. The molecular formula is C15H24N4O4S. The molecule has 1 aromatic carbocycles. The van der Waals surface area contributed by atoms with Gasteiger partial charge >= 0.3 is 5.97 Å². The smallest absolute Gasteiger partial charge is 0.321 e. The fourth-order valence-electron chi connectivity index (χ4n) is 2.32. The Morgan fingerprint density at radius 2 is 1.83 bits per heavy atom. The first-order valence-electron chi connectivity index (χ1n) is 7.43. The first kappa shape index (κ1) is 19.9. The van der Waals surface area contributed by atoms with Gasteiger partial charge in [-0.05, 0) is 50.3 Å². The van der Waals surface area contributed by atoms with E-state index in [0.29, 0.717) is 17.5 Å². The van der Waals surface area contributed by atoms with Crippen molar-refractivity contribution in [3.05, 3.63) is 28.8 Å². The number of nitrogens with zero attached hydrogens (tertiary/aromatic N) is 1. The average molecular weight is 356 g/mol. The third-order valence-corrected chi connectivity index (χ3v) is 5.44. The molecule has 8 nitrogen and oxygen atoms in total. The predicted molar refractivity (Wildman–Crippen MR) is 92.3 cm³/mol. The lowest BCUT2D eigenvalue weighted by atomic mass is 10.1. The number of aryl methyl sites for hydroxylation is 2. The first-order valence-corrected chi connectivity index (χ1v) is 8.92. The van der Waals surface area contributed by atoms with Crippen molar-refractivity contribution in [1.82, 2.24) is 4.72 Å². The molecule has 1 aromatic rings. The van der Waals surface area contributed by atoms with Crippen molar-refractivity contribution in [1.29, 1.82) is 0 Å². The number of carboxylic acids is 1. The van der Waals surface area contributed by atoms with Crippen molar-refractivity contribution in [2.24, 2.45) is 16.5 Å². The van der Waals surface area contributed by atoms with Crippen LogP contribution in [0.15, 0.2) is 22.0 Å². The van der Waals surface area contributed by atoms with Gasteiger partial charge in [0.2, 0.25) is 10.0 Å². The van der Waals surface area contributed by atoms with Gasteiger partial charge < -0.3 is 16.6 Å². The second-order valence-electron chi connectivity index (χ2n) is 5.61. The van der Waals surface area contributed by atoms with Crippen LogP contribution in [0.25, 0.3) is 0 Å². The van der Waals surface area contributed by atoms with Crippen LogP contribution in [-0.4, -0.2) is 38.0 Å². The summed E-state index contributed by atoms with van der Waals surface area (Å²) in [7, 11) is -3.96. The minimum Gasteiger partial charge on any atom is -0.480 e. The summed E-state index contributed by atoms with van der Waals surface area (Å²) in [5.74, 6) is -1.33. The molecule has 1 atom stereocenters. The number of carbonyl (C=O) groups is 1. The van der Waals surface area contributed by atoms with Crippen LogP contribution in [0.3, 0.4) is 0 Å². The highest BCUT2D eigenvalue weighted by Crippen LogP contribution is 2.23. The number of guanidine groups is 1. The van der Waals surface area contributed by atoms with Crippen LogP contribution in [0.1, 0.15) is 29.5 Å². The largest absolute Gasteiger partial charge is 0.480 e. The minimum absolute atomic E-state index is 0.0786. The molecule has 0 bridgehead atoms. The SMILES string of the molecule is Cc1ccc(C)c(S(=O)(=O)N[C@@H](CCCN=C(N)N)C(=O)O)c1C. The minimum atomic E-state index is -3.96. The third kappa shape index (κ3) is 5.20. The molecule has 0 aliphatic heterocycles. The quantitative estimate of drug-likeness (QED) is 0.301. The van der Waals surface area contributed by atoms with E-state index in [1.54, 1.807) is 26.8 Å². The van der Waals surface area contributed by atoms with Gasteiger partial charge in [0.1, 0.15) is 6.04 Å². The highest BCUT2D eigenvalue weighted by molar-refractivity contribution is 7.89. The summed E-state index contributed by atoms with van der Waals surface area (Å²) in [5, 5.41) is 9.27. The number of aliphatic imine (C=N–C) groups is 1. The van der Waals surface area contributed by atoms with Crippen molar-refractivity contribution in [2.45, 2.75) is 44.6 Å². The molecular weight excluding hydrogens is 332 g/mol. The van der Waals surface area contributed by atoms with Gasteiger partial charge in [0.15, 0.2) is 5.96 Å². The summed E-state index contributed by atoms with van der Waals surface area (Å²) < 4.78 is 27.5. The maximum absolute atomic E-state index is 12.6. The van der Waals surface area contributed by atoms with Crippen LogP contribution >= 0.6 is 0 Å². The molecule has 0 aliphatic rings. The highest BCUT2D eigenvalue weighted by atomic mass is 32.2. The van der Waals surface area contributed by atoms with Crippen molar-refractivity contribution in [3.8, 4) is 0 Å². The second kappa shape index (κ2) is 8.11. The number of nitrogens with one attached hydrogen (secondary N) is 1. The molecule has 0 radical (unpaired) electrons. The van der Waals surface area contributed by atoms with Crippen molar-refractivity contribution < 1.29 is 18.3 Å². The predicted octanol–water partition coefficient (Wildman–Crippen LogP) is 0.397. The van der Waals surface area contributed by atoms with Crippen LogP contribution in [-0.2, 0) is 14.8 Å². The summed E-state index contributed by atoms with van der Waals surface area (Å²) in [5.41, 5.74) is 12.4.